The number of nitrogens with zero attached hydrogens (tertiary/aromatic N) is 1. The third kappa shape index (κ3) is 5.94. The molecular weight excluding hydrogens is 334 g/mol. The van der Waals surface area contributed by atoms with Crippen molar-refractivity contribution < 1.29 is 19.4 Å². The summed E-state index contributed by atoms with van der Waals surface area (Å²) in [5.74, 6) is -0.272. The van der Waals surface area contributed by atoms with Crippen molar-refractivity contribution in [2.45, 2.75) is 19.8 Å². The van der Waals surface area contributed by atoms with Gasteiger partial charge in [-0.2, -0.15) is 5.10 Å². The zero-order chi connectivity index (χ0) is 18.9. The monoisotopic (exact) mass is 355 g/mol. The Kier molecular flexibility index (Phi) is 6.73. The van der Waals surface area contributed by atoms with Gasteiger partial charge in [0, 0.05) is 18.5 Å². The number of phenolic OH excluding ortho intramolecular Hbond substituents is 1. The fraction of sp³-hybridized carbons (Fsp3) is 0.211. The summed E-state index contributed by atoms with van der Waals surface area (Å²) in [7, 11) is 1.44. The first-order valence-electron chi connectivity index (χ1n) is 8.03. The van der Waals surface area contributed by atoms with Crippen LogP contribution < -0.4 is 15.5 Å². The van der Waals surface area contributed by atoms with E-state index in [0.29, 0.717) is 17.0 Å². The smallest absolute Gasteiger partial charge is 0.240 e. The number of benzene rings is 2. The summed E-state index contributed by atoms with van der Waals surface area (Å²) in [6.07, 6.45) is 1.50. The maximum atomic E-state index is 11.9. The molecule has 0 saturated carbocycles. The average Bonchev–Trinajstić information content (AvgIpc) is 2.61. The van der Waals surface area contributed by atoms with Crippen molar-refractivity contribution in [1.82, 2.24) is 5.43 Å². The minimum atomic E-state index is -0.369. The Morgan fingerprint density at radius 2 is 1.92 bits per heavy atom. The van der Waals surface area contributed by atoms with E-state index >= 15 is 0 Å². The highest BCUT2D eigenvalue weighted by Crippen LogP contribution is 2.25. The van der Waals surface area contributed by atoms with Gasteiger partial charge in [0.2, 0.25) is 11.8 Å². The highest BCUT2D eigenvalue weighted by molar-refractivity contribution is 5.93. The molecule has 3 N–H and O–H groups in total. The van der Waals surface area contributed by atoms with Crippen LogP contribution in [-0.2, 0) is 9.59 Å². The Hall–Kier alpha value is -3.35. The van der Waals surface area contributed by atoms with Crippen LogP contribution in [0.5, 0.6) is 11.5 Å². The van der Waals surface area contributed by atoms with Crippen molar-refractivity contribution in [3.8, 4) is 11.5 Å². The molecule has 26 heavy (non-hydrogen) atoms. The minimum absolute atomic E-state index is 0.0216. The Labute approximate surface area is 151 Å². The van der Waals surface area contributed by atoms with E-state index in [1.807, 2.05) is 25.1 Å². The van der Waals surface area contributed by atoms with Gasteiger partial charge in [-0.05, 0) is 48.4 Å². The number of rotatable bonds is 7. The normalized spacial score (nSPS) is 10.5. The van der Waals surface area contributed by atoms with Crippen LogP contribution in [0.3, 0.4) is 0 Å². The molecule has 0 aliphatic heterocycles. The van der Waals surface area contributed by atoms with Crippen LogP contribution in [0.15, 0.2) is 47.6 Å². The maximum absolute atomic E-state index is 11.9. The summed E-state index contributed by atoms with van der Waals surface area (Å²) >= 11 is 0. The Balaban J connectivity index is 1.77. The molecule has 0 bridgehead atoms. The number of carbonyl (C=O) groups excluding carboxylic acids is 2. The number of hydrogen-bond acceptors (Lipinski definition) is 5. The topological polar surface area (TPSA) is 100 Å². The third-order valence-electron chi connectivity index (χ3n) is 3.49. The van der Waals surface area contributed by atoms with Gasteiger partial charge in [0.05, 0.1) is 13.3 Å². The van der Waals surface area contributed by atoms with Gasteiger partial charge in [-0.3, -0.25) is 9.59 Å². The van der Waals surface area contributed by atoms with Gasteiger partial charge in [0.1, 0.15) is 0 Å². The number of nitrogens with one attached hydrogen (secondary N) is 2. The van der Waals surface area contributed by atoms with Gasteiger partial charge in [-0.25, -0.2) is 5.43 Å². The lowest BCUT2D eigenvalue weighted by Crippen LogP contribution is -2.20. The van der Waals surface area contributed by atoms with Crippen LogP contribution in [-0.4, -0.2) is 30.2 Å². The summed E-state index contributed by atoms with van der Waals surface area (Å²) in [4.78, 5) is 23.6. The maximum Gasteiger partial charge on any atom is 0.240 e. The number of phenols is 1. The molecule has 0 unspecified atom stereocenters. The molecule has 0 radical (unpaired) electrons. The predicted octanol–water partition coefficient (Wildman–Crippen LogP) is 2.58. The molecule has 2 amide bonds. The quantitative estimate of drug-likeness (QED) is 0.525. The van der Waals surface area contributed by atoms with E-state index in [1.165, 1.54) is 19.4 Å². The zero-order valence-electron chi connectivity index (χ0n) is 14.7. The standard InChI is InChI=1S/C19H21N3O4/c1-13-4-3-5-15(10-13)21-18(24)8-9-19(25)22-20-12-14-6-7-16(23)17(11-14)26-2/h3-7,10-12,23H,8-9H2,1-2H3,(H,21,24)(H,22,25). The van der Waals surface area contributed by atoms with E-state index in [0.717, 1.165) is 5.56 Å². The molecular formula is C19H21N3O4. The Morgan fingerprint density at radius 1 is 1.15 bits per heavy atom. The van der Waals surface area contributed by atoms with Crippen LogP contribution in [0.2, 0.25) is 0 Å². The fourth-order valence-corrected chi connectivity index (χ4v) is 2.18. The lowest BCUT2D eigenvalue weighted by atomic mass is 10.2. The molecule has 7 nitrogen and oxygen atoms in total. The molecule has 0 aromatic heterocycles. The first kappa shape index (κ1) is 19.0. The van der Waals surface area contributed by atoms with E-state index < -0.39 is 0 Å². The molecule has 0 fully saturated rings. The number of hydrogen-bond donors (Lipinski definition) is 3. The summed E-state index contributed by atoms with van der Waals surface area (Å²) in [6, 6.07) is 12.1. The number of amides is 2. The average molecular weight is 355 g/mol. The number of hydrazone groups is 1. The van der Waals surface area contributed by atoms with Crippen LogP contribution in [0.4, 0.5) is 5.69 Å². The SMILES string of the molecule is COc1cc(C=NNC(=O)CCC(=O)Nc2cccc(C)c2)ccc1O. The van der Waals surface area contributed by atoms with Crippen molar-refractivity contribution in [3.63, 3.8) is 0 Å². The number of carbonyl (C=O) groups is 2. The van der Waals surface area contributed by atoms with Crippen molar-refractivity contribution in [2.24, 2.45) is 5.10 Å². The van der Waals surface area contributed by atoms with E-state index in [2.05, 4.69) is 15.8 Å². The summed E-state index contributed by atoms with van der Waals surface area (Å²) < 4.78 is 4.99. The van der Waals surface area contributed by atoms with E-state index in [-0.39, 0.29) is 30.4 Å². The molecule has 7 heteroatoms. The van der Waals surface area contributed by atoms with E-state index in [4.69, 9.17) is 4.74 Å². The van der Waals surface area contributed by atoms with Crippen LogP contribution in [0.1, 0.15) is 24.0 Å². The lowest BCUT2D eigenvalue weighted by molar-refractivity contribution is -0.124. The molecule has 0 aliphatic rings. The summed E-state index contributed by atoms with van der Waals surface area (Å²) in [5, 5.41) is 16.1. The molecule has 2 rings (SSSR count). The molecule has 0 aliphatic carbocycles. The van der Waals surface area contributed by atoms with Gasteiger partial charge in [0.25, 0.3) is 0 Å². The van der Waals surface area contributed by atoms with Crippen molar-refractivity contribution in [2.75, 3.05) is 12.4 Å². The molecule has 2 aromatic carbocycles. The fourth-order valence-electron chi connectivity index (χ4n) is 2.18. The first-order valence-corrected chi connectivity index (χ1v) is 8.03. The number of anilines is 1. The number of aryl methyl sites for hydroxylation is 1. The van der Waals surface area contributed by atoms with Gasteiger partial charge in [0.15, 0.2) is 11.5 Å². The van der Waals surface area contributed by atoms with Gasteiger partial charge in [-0.1, -0.05) is 12.1 Å². The zero-order valence-corrected chi connectivity index (χ0v) is 14.7. The van der Waals surface area contributed by atoms with Crippen molar-refractivity contribution >= 4 is 23.7 Å². The number of aromatic hydroxyl groups is 1. The lowest BCUT2D eigenvalue weighted by Gasteiger charge is -2.05. The molecule has 0 saturated heterocycles. The third-order valence-corrected chi connectivity index (χ3v) is 3.49. The van der Waals surface area contributed by atoms with Crippen molar-refractivity contribution in [1.29, 1.82) is 0 Å². The second kappa shape index (κ2) is 9.22. The van der Waals surface area contributed by atoms with E-state index in [1.54, 1.807) is 18.2 Å². The van der Waals surface area contributed by atoms with Gasteiger partial charge >= 0.3 is 0 Å². The van der Waals surface area contributed by atoms with Gasteiger partial charge in [-0.15, -0.1) is 0 Å². The second-order valence-electron chi connectivity index (χ2n) is 5.64. The Morgan fingerprint density at radius 3 is 2.65 bits per heavy atom. The molecule has 0 spiro atoms. The first-order chi connectivity index (χ1) is 12.5. The number of methoxy groups -OCH3 is 1. The van der Waals surface area contributed by atoms with Crippen molar-refractivity contribution in [3.05, 3.63) is 53.6 Å². The molecule has 0 atom stereocenters. The molecule has 136 valence electrons. The largest absolute Gasteiger partial charge is 0.504 e. The van der Waals surface area contributed by atoms with Crippen LogP contribution in [0.25, 0.3) is 0 Å². The number of ether oxygens (including phenoxy) is 1. The second-order valence-corrected chi connectivity index (χ2v) is 5.64. The predicted molar refractivity (Wildman–Crippen MR) is 99.4 cm³/mol. The summed E-state index contributed by atoms with van der Waals surface area (Å²) in [6.45, 7) is 1.94. The molecule has 2 aromatic rings. The molecule has 0 heterocycles. The van der Waals surface area contributed by atoms with Gasteiger partial charge < -0.3 is 15.2 Å². The highest BCUT2D eigenvalue weighted by atomic mass is 16.5. The van der Waals surface area contributed by atoms with Crippen LogP contribution >= 0.6 is 0 Å². The minimum Gasteiger partial charge on any atom is -0.504 e. The Bertz CT molecular complexity index is 818. The highest BCUT2D eigenvalue weighted by Gasteiger charge is 2.07. The van der Waals surface area contributed by atoms with Crippen LogP contribution in [0, 0.1) is 6.92 Å². The van der Waals surface area contributed by atoms with E-state index in [9.17, 15) is 14.7 Å². The summed E-state index contributed by atoms with van der Waals surface area (Å²) in [5.41, 5.74) is 4.75.